The van der Waals surface area contributed by atoms with Crippen LogP contribution in [0.15, 0.2) is 12.1 Å². The molecular formula is C17H26N2O4. The smallest absolute Gasteiger partial charge is 0.221 e. The minimum atomic E-state index is 0.000909. The van der Waals surface area contributed by atoms with Crippen molar-refractivity contribution >= 4 is 5.91 Å². The molecule has 0 unspecified atom stereocenters. The second-order valence-electron chi connectivity index (χ2n) is 5.56. The zero-order chi connectivity index (χ0) is 16.7. The van der Waals surface area contributed by atoms with Gasteiger partial charge in [0.1, 0.15) is 0 Å². The van der Waals surface area contributed by atoms with Crippen molar-refractivity contribution in [1.29, 1.82) is 0 Å². The molecule has 0 aromatic heterocycles. The number of amides is 1. The fraction of sp³-hybridized carbons (Fsp3) is 0.588. The Morgan fingerprint density at radius 1 is 1.26 bits per heavy atom. The molecule has 2 rings (SSSR count). The molecule has 0 saturated heterocycles. The van der Waals surface area contributed by atoms with E-state index in [9.17, 15) is 4.79 Å². The highest BCUT2D eigenvalue weighted by Gasteiger charge is 2.24. The van der Waals surface area contributed by atoms with E-state index in [-0.39, 0.29) is 11.9 Å². The van der Waals surface area contributed by atoms with E-state index in [0.29, 0.717) is 25.3 Å². The summed E-state index contributed by atoms with van der Waals surface area (Å²) in [5, 5.41) is 6.35. The van der Waals surface area contributed by atoms with Crippen LogP contribution in [0.2, 0.25) is 0 Å². The van der Waals surface area contributed by atoms with Gasteiger partial charge in [-0.25, -0.2) is 0 Å². The lowest BCUT2D eigenvalue weighted by molar-refractivity contribution is -0.121. The fourth-order valence-corrected chi connectivity index (χ4v) is 2.85. The highest BCUT2D eigenvalue weighted by molar-refractivity contribution is 5.77. The van der Waals surface area contributed by atoms with Crippen molar-refractivity contribution < 1.29 is 19.0 Å². The van der Waals surface area contributed by atoms with Crippen molar-refractivity contribution in [3.05, 3.63) is 23.3 Å². The third-order valence-electron chi connectivity index (χ3n) is 4.04. The minimum Gasteiger partial charge on any atom is -0.493 e. The Bertz CT molecular complexity index is 534. The van der Waals surface area contributed by atoms with Gasteiger partial charge in [-0.05, 0) is 42.6 Å². The van der Waals surface area contributed by atoms with Crippen molar-refractivity contribution in [2.45, 2.75) is 25.3 Å². The van der Waals surface area contributed by atoms with Gasteiger partial charge in [-0.2, -0.15) is 0 Å². The number of hydrogen-bond acceptors (Lipinski definition) is 5. The molecule has 6 nitrogen and oxygen atoms in total. The molecule has 1 heterocycles. The van der Waals surface area contributed by atoms with Gasteiger partial charge in [0.2, 0.25) is 5.91 Å². The van der Waals surface area contributed by atoms with Crippen LogP contribution < -0.4 is 20.1 Å². The first-order valence-corrected chi connectivity index (χ1v) is 7.93. The van der Waals surface area contributed by atoms with Gasteiger partial charge in [0.15, 0.2) is 11.5 Å². The number of fused-ring (bicyclic) bond motifs is 1. The maximum atomic E-state index is 12.1. The molecule has 0 fully saturated rings. The molecule has 0 spiro atoms. The van der Waals surface area contributed by atoms with Crippen LogP contribution in [0.4, 0.5) is 0 Å². The third-order valence-corrected chi connectivity index (χ3v) is 4.04. The Morgan fingerprint density at radius 2 is 2.00 bits per heavy atom. The van der Waals surface area contributed by atoms with Gasteiger partial charge in [-0.1, -0.05) is 0 Å². The van der Waals surface area contributed by atoms with Gasteiger partial charge in [0, 0.05) is 32.7 Å². The maximum Gasteiger partial charge on any atom is 0.221 e. The van der Waals surface area contributed by atoms with E-state index in [4.69, 9.17) is 14.2 Å². The fourth-order valence-electron chi connectivity index (χ4n) is 2.85. The summed E-state index contributed by atoms with van der Waals surface area (Å²) in [5.41, 5.74) is 2.32. The molecule has 1 aliphatic rings. The number of hydrogen-bond donors (Lipinski definition) is 2. The molecule has 23 heavy (non-hydrogen) atoms. The lowest BCUT2D eigenvalue weighted by Crippen LogP contribution is -2.35. The van der Waals surface area contributed by atoms with Gasteiger partial charge < -0.3 is 24.8 Å². The number of rotatable bonds is 8. The summed E-state index contributed by atoms with van der Waals surface area (Å²) in [7, 11) is 4.92. The molecule has 2 N–H and O–H groups in total. The number of carbonyl (C=O) groups excluding carboxylic acids is 1. The van der Waals surface area contributed by atoms with Crippen LogP contribution in [0.25, 0.3) is 0 Å². The summed E-state index contributed by atoms with van der Waals surface area (Å²) in [4.78, 5) is 12.1. The minimum absolute atomic E-state index is 0.000909. The molecule has 1 amide bonds. The van der Waals surface area contributed by atoms with Gasteiger partial charge in [0.05, 0.1) is 14.2 Å². The molecule has 0 saturated carbocycles. The normalized spacial score (nSPS) is 16.6. The van der Waals surface area contributed by atoms with Crippen LogP contribution in [-0.2, 0) is 16.0 Å². The molecule has 0 aliphatic carbocycles. The Kier molecular flexibility index (Phi) is 6.67. The molecule has 0 bridgehead atoms. The predicted octanol–water partition coefficient (Wildman–Crippen LogP) is 1.43. The zero-order valence-electron chi connectivity index (χ0n) is 14.1. The number of carbonyl (C=O) groups is 1. The van der Waals surface area contributed by atoms with E-state index in [2.05, 4.69) is 10.6 Å². The highest BCUT2D eigenvalue weighted by atomic mass is 16.5. The van der Waals surface area contributed by atoms with Crippen molar-refractivity contribution in [3.8, 4) is 11.5 Å². The van der Waals surface area contributed by atoms with Crippen molar-refractivity contribution in [2.24, 2.45) is 0 Å². The molecule has 1 aliphatic heterocycles. The summed E-state index contributed by atoms with van der Waals surface area (Å²) in [5.74, 6) is 1.47. The van der Waals surface area contributed by atoms with Gasteiger partial charge in [-0.15, -0.1) is 0 Å². The molecule has 0 radical (unpaired) electrons. The van der Waals surface area contributed by atoms with E-state index in [1.54, 1.807) is 21.3 Å². The van der Waals surface area contributed by atoms with Crippen LogP contribution in [0.5, 0.6) is 11.5 Å². The Balaban J connectivity index is 2.04. The van der Waals surface area contributed by atoms with Crippen LogP contribution in [0.3, 0.4) is 0 Å². The van der Waals surface area contributed by atoms with Crippen LogP contribution in [-0.4, -0.2) is 46.9 Å². The highest BCUT2D eigenvalue weighted by Crippen LogP contribution is 2.36. The number of benzene rings is 1. The van der Waals surface area contributed by atoms with E-state index in [0.717, 1.165) is 30.7 Å². The molecule has 128 valence electrons. The second kappa shape index (κ2) is 8.74. The van der Waals surface area contributed by atoms with Gasteiger partial charge in [-0.3, -0.25) is 4.79 Å². The van der Waals surface area contributed by atoms with E-state index < -0.39 is 0 Å². The first-order chi connectivity index (χ1) is 11.2. The maximum absolute atomic E-state index is 12.1. The third kappa shape index (κ3) is 4.59. The van der Waals surface area contributed by atoms with Crippen LogP contribution in [0, 0.1) is 0 Å². The van der Waals surface area contributed by atoms with Crippen LogP contribution >= 0.6 is 0 Å². The van der Waals surface area contributed by atoms with Crippen molar-refractivity contribution in [1.82, 2.24) is 10.6 Å². The largest absolute Gasteiger partial charge is 0.493 e. The average molecular weight is 322 g/mol. The first-order valence-electron chi connectivity index (χ1n) is 7.93. The quantitative estimate of drug-likeness (QED) is 0.709. The Morgan fingerprint density at radius 3 is 2.70 bits per heavy atom. The standard InChI is InChI=1S/C17H26N2O4/c1-21-8-4-6-19-17(20)11-14-13-10-16(23-3)15(22-2)9-12(13)5-7-18-14/h9-10,14,18H,4-8,11H2,1-3H3,(H,19,20)/t14-/m1/s1. The number of ether oxygens (including phenoxy) is 3. The van der Waals surface area contributed by atoms with Crippen molar-refractivity contribution in [2.75, 3.05) is 41.0 Å². The SMILES string of the molecule is COCCCNC(=O)C[C@H]1NCCc2cc(OC)c(OC)cc21. The topological polar surface area (TPSA) is 68.8 Å². The number of methoxy groups -OCH3 is 3. The molecule has 1 aromatic carbocycles. The summed E-state index contributed by atoms with van der Waals surface area (Å²) < 4.78 is 15.7. The first kappa shape index (κ1) is 17.6. The second-order valence-corrected chi connectivity index (χ2v) is 5.56. The van der Waals surface area contributed by atoms with E-state index in [1.165, 1.54) is 5.56 Å². The summed E-state index contributed by atoms with van der Waals surface area (Å²) >= 11 is 0. The van der Waals surface area contributed by atoms with Crippen LogP contribution in [0.1, 0.15) is 30.0 Å². The molecule has 1 aromatic rings. The molecular weight excluding hydrogens is 296 g/mol. The molecule has 1 atom stereocenters. The predicted molar refractivity (Wildman–Crippen MR) is 88.1 cm³/mol. The van der Waals surface area contributed by atoms with E-state index >= 15 is 0 Å². The summed E-state index contributed by atoms with van der Waals surface area (Å²) in [6.45, 7) is 2.14. The summed E-state index contributed by atoms with van der Waals surface area (Å²) in [6.07, 6.45) is 2.15. The Hall–Kier alpha value is -1.79. The average Bonchev–Trinajstić information content (AvgIpc) is 2.57. The molecule has 6 heteroatoms. The van der Waals surface area contributed by atoms with Gasteiger partial charge >= 0.3 is 0 Å². The lowest BCUT2D eigenvalue weighted by Gasteiger charge is -2.27. The Labute approximate surface area is 137 Å². The summed E-state index contributed by atoms with van der Waals surface area (Å²) in [6, 6.07) is 3.99. The zero-order valence-corrected chi connectivity index (χ0v) is 14.1. The number of nitrogens with one attached hydrogen (secondary N) is 2. The monoisotopic (exact) mass is 322 g/mol. The van der Waals surface area contributed by atoms with Crippen molar-refractivity contribution in [3.63, 3.8) is 0 Å². The van der Waals surface area contributed by atoms with Gasteiger partial charge in [0.25, 0.3) is 0 Å². The lowest BCUT2D eigenvalue weighted by atomic mass is 9.91. The van der Waals surface area contributed by atoms with E-state index in [1.807, 2.05) is 12.1 Å².